The third-order valence-electron chi connectivity index (χ3n) is 6.30. The molecule has 2 atom stereocenters. The van der Waals surface area contributed by atoms with E-state index < -0.39 is 39.8 Å². The van der Waals surface area contributed by atoms with E-state index in [-0.39, 0.29) is 37.0 Å². The third-order valence-corrected chi connectivity index (χ3v) is 8.21. The molecule has 1 aromatic heterocycles. The van der Waals surface area contributed by atoms with Crippen LogP contribution < -0.4 is 16.0 Å². The summed E-state index contributed by atoms with van der Waals surface area (Å²) in [5, 5.41) is 16.7. The number of aliphatic hydroxyl groups excluding tert-OH is 1. The first kappa shape index (κ1) is 26.7. The number of morpholine rings is 2. The minimum Gasteiger partial charge on any atom is -0.380 e. The predicted octanol–water partition coefficient (Wildman–Crippen LogP) is -0.218. The average molecular weight is 560 g/mol. The van der Waals surface area contributed by atoms with Crippen molar-refractivity contribution in [3.63, 3.8) is 0 Å². The molecule has 0 radical (unpaired) electrons. The maximum absolute atomic E-state index is 13.1. The maximum atomic E-state index is 13.1. The Morgan fingerprint density at radius 3 is 2.36 bits per heavy atom. The van der Waals surface area contributed by atoms with E-state index in [4.69, 9.17) is 9.47 Å². The van der Waals surface area contributed by atoms with Crippen molar-refractivity contribution in [2.24, 2.45) is 0 Å². The second-order valence-electron chi connectivity index (χ2n) is 8.75. The van der Waals surface area contributed by atoms with E-state index in [0.717, 1.165) is 0 Å². The zero-order valence-electron chi connectivity index (χ0n) is 20.5. The average Bonchev–Trinajstić information content (AvgIpc) is 3.40. The highest BCUT2D eigenvalue weighted by atomic mass is 32.2. The molecule has 0 unspecified atom stereocenters. The number of hydrogen-bond donors (Lipinski definition) is 3. The number of carbonyl (C=O) groups excluding carboxylic acids is 2. The van der Waals surface area contributed by atoms with Gasteiger partial charge < -0.3 is 24.8 Å². The third kappa shape index (κ3) is 5.62. The van der Waals surface area contributed by atoms with E-state index in [2.05, 4.69) is 20.0 Å². The van der Waals surface area contributed by atoms with E-state index in [1.54, 1.807) is 12.1 Å². The normalized spacial score (nSPS) is 19.6. The Bertz CT molecular complexity index is 1500. The van der Waals surface area contributed by atoms with Crippen molar-refractivity contribution in [3.8, 4) is 11.4 Å². The molecule has 0 spiro atoms. The van der Waals surface area contributed by atoms with Crippen LogP contribution in [0.5, 0.6) is 0 Å². The summed E-state index contributed by atoms with van der Waals surface area (Å²) in [5.74, 6) is -1.99. The van der Waals surface area contributed by atoms with Crippen molar-refractivity contribution < 1.29 is 37.1 Å². The number of sulfonamides is 1. The number of aromatic nitrogens is 2. The van der Waals surface area contributed by atoms with Gasteiger partial charge >= 0.3 is 5.76 Å². The van der Waals surface area contributed by atoms with Crippen molar-refractivity contribution in [3.05, 3.63) is 59.1 Å². The number of aromatic amines is 1. The van der Waals surface area contributed by atoms with Gasteiger partial charge in [-0.3, -0.25) is 19.1 Å². The maximum Gasteiger partial charge on any atom is 0.439 e. The molecular weight excluding hydrogens is 534 g/mol. The van der Waals surface area contributed by atoms with Crippen LogP contribution in [0.3, 0.4) is 0 Å². The molecule has 2 aliphatic heterocycles. The molecule has 0 aliphatic carbocycles. The number of amides is 2. The van der Waals surface area contributed by atoms with E-state index in [0.29, 0.717) is 30.2 Å². The van der Waals surface area contributed by atoms with Crippen LogP contribution in [0.15, 0.2) is 62.7 Å². The van der Waals surface area contributed by atoms with Gasteiger partial charge in [0.1, 0.15) is 0 Å². The van der Waals surface area contributed by atoms with Crippen molar-refractivity contribution >= 4 is 33.2 Å². The number of H-pyrrole nitrogens is 1. The first-order chi connectivity index (χ1) is 18.7. The fraction of sp³-hybridized carbons (Fsp3) is 0.333. The summed E-state index contributed by atoms with van der Waals surface area (Å²) in [6.07, 6.45) is -3.28. The number of ether oxygens (including phenoxy) is 2. The number of benzene rings is 2. The minimum absolute atomic E-state index is 0.0547. The minimum atomic E-state index is -3.70. The summed E-state index contributed by atoms with van der Waals surface area (Å²) in [6, 6.07) is 12.0. The Labute approximate surface area is 222 Å². The fourth-order valence-electron chi connectivity index (χ4n) is 4.24. The van der Waals surface area contributed by atoms with Crippen LogP contribution in [-0.2, 0) is 29.1 Å². The van der Waals surface area contributed by atoms with Crippen LogP contribution in [0.1, 0.15) is 0 Å². The highest BCUT2D eigenvalue weighted by Crippen LogP contribution is 2.25. The van der Waals surface area contributed by atoms with Gasteiger partial charge in [-0.05, 0) is 48.5 Å². The fourth-order valence-corrected chi connectivity index (χ4v) is 5.65. The van der Waals surface area contributed by atoms with Gasteiger partial charge in [-0.25, -0.2) is 13.2 Å². The molecule has 5 rings (SSSR count). The van der Waals surface area contributed by atoms with Gasteiger partial charge in [0.05, 0.1) is 24.7 Å². The Morgan fingerprint density at radius 1 is 1.03 bits per heavy atom. The Hall–Kier alpha value is -3.89. The van der Waals surface area contributed by atoms with Gasteiger partial charge in [-0.15, -0.1) is 0 Å². The number of nitrogens with one attached hydrogen (secondary N) is 2. The summed E-state index contributed by atoms with van der Waals surface area (Å²) in [5.41, 5.74) is 1.26. The van der Waals surface area contributed by atoms with Crippen molar-refractivity contribution in [2.75, 3.05) is 49.7 Å². The molecule has 3 heterocycles. The van der Waals surface area contributed by atoms with Crippen molar-refractivity contribution in [2.45, 2.75) is 17.1 Å². The molecule has 2 aromatic carbocycles. The lowest BCUT2D eigenvalue weighted by Gasteiger charge is -2.34. The molecule has 206 valence electrons. The van der Waals surface area contributed by atoms with Crippen LogP contribution in [0, 0.1) is 0 Å². The molecule has 39 heavy (non-hydrogen) atoms. The predicted molar refractivity (Wildman–Crippen MR) is 135 cm³/mol. The lowest BCUT2D eigenvalue weighted by atomic mass is 10.1. The molecule has 2 saturated heterocycles. The van der Waals surface area contributed by atoms with E-state index in [1.165, 1.54) is 45.6 Å². The Balaban J connectivity index is 1.24. The van der Waals surface area contributed by atoms with Crippen molar-refractivity contribution in [1.82, 2.24) is 14.4 Å². The number of rotatable bonds is 7. The van der Waals surface area contributed by atoms with Gasteiger partial charge in [0.15, 0.2) is 18.0 Å². The van der Waals surface area contributed by atoms with Crippen molar-refractivity contribution in [1.29, 1.82) is 0 Å². The molecule has 14 nitrogen and oxygen atoms in total. The van der Waals surface area contributed by atoms with Crippen LogP contribution in [0.25, 0.3) is 11.4 Å². The number of anilines is 2. The highest BCUT2D eigenvalue weighted by molar-refractivity contribution is 7.89. The monoisotopic (exact) mass is 559 g/mol. The second kappa shape index (κ2) is 11.1. The number of hydrogen-bond acceptors (Lipinski definition) is 10. The van der Waals surface area contributed by atoms with Gasteiger partial charge in [0.25, 0.3) is 11.8 Å². The summed E-state index contributed by atoms with van der Waals surface area (Å²) >= 11 is 0. The SMILES string of the molecule is O=C(Nc1ccc(-c2noc(=O)[nH]2)cc1)[C@H](O)[C@H]1OCCN(c2ccc(S(=O)(=O)N3CCOCC3)cc2)C1=O. The van der Waals surface area contributed by atoms with E-state index in [9.17, 15) is 27.9 Å². The number of carbonyl (C=O) groups is 2. The zero-order chi connectivity index (χ0) is 27.6. The molecule has 3 N–H and O–H groups in total. The van der Waals surface area contributed by atoms with E-state index >= 15 is 0 Å². The molecule has 3 aromatic rings. The first-order valence-corrected chi connectivity index (χ1v) is 13.4. The quantitative estimate of drug-likeness (QED) is 0.350. The highest BCUT2D eigenvalue weighted by Gasteiger charge is 2.39. The first-order valence-electron chi connectivity index (χ1n) is 12.0. The van der Waals surface area contributed by atoms with Crippen LogP contribution in [0.4, 0.5) is 11.4 Å². The topological polar surface area (TPSA) is 184 Å². The standard InChI is InChI=1S/C24H25N5O9S/c30-19(22(31)25-16-3-1-15(2-4-16)21-26-24(33)38-27-21)20-23(32)29(11-14-37-20)17-5-7-18(8-6-17)39(34,35)28-9-12-36-13-10-28/h1-8,19-20,30H,9-14H2,(H,25,31)(H,26,27,33)/t19-,20-/m1/s1. The molecule has 2 amide bonds. The lowest BCUT2D eigenvalue weighted by molar-refractivity contribution is -0.150. The molecule has 0 saturated carbocycles. The summed E-state index contributed by atoms with van der Waals surface area (Å²) in [6.45, 7) is 1.39. The van der Waals surface area contributed by atoms with Gasteiger partial charge in [-0.1, -0.05) is 5.16 Å². The van der Waals surface area contributed by atoms with Crippen LogP contribution in [-0.4, -0.2) is 91.4 Å². The molecule has 15 heteroatoms. The summed E-state index contributed by atoms with van der Waals surface area (Å²) in [4.78, 5) is 40.8. The summed E-state index contributed by atoms with van der Waals surface area (Å²) in [7, 11) is -3.70. The Morgan fingerprint density at radius 2 is 1.72 bits per heavy atom. The van der Waals surface area contributed by atoms with Gasteiger partial charge in [-0.2, -0.15) is 4.31 Å². The molecule has 2 fully saturated rings. The largest absolute Gasteiger partial charge is 0.439 e. The van der Waals surface area contributed by atoms with Gasteiger partial charge in [0.2, 0.25) is 10.0 Å². The summed E-state index contributed by atoms with van der Waals surface area (Å²) < 4.78 is 42.2. The van der Waals surface area contributed by atoms with Crippen LogP contribution in [0.2, 0.25) is 0 Å². The molecular formula is C24H25N5O9S. The Kier molecular flexibility index (Phi) is 7.58. The number of aliphatic hydroxyl groups is 1. The molecule has 2 aliphatic rings. The zero-order valence-corrected chi connectivity index (χ0v) is 21.3. The van der Waals surface area contributed by atoms with Gasteiger partial charge in [0, 0.05) is 36.6 Å². The smallest absolute Gasteiger partial charge is 0.380 e. The second-order valence-corrected chi connectivity index (χ2v) is 10.7. The molecule has 0 bridgehead atoms. The van der Waals surface area contributed by atoms with E-state index in [1.807, 2.05) is 0 Å². The number of nitrogens with zero attached hydrogens (tertiary/aromatic N) is 3. The van der Waals surface area contributed by atoms with Crippen LogP contribution >= 0.6 is 0 Å². The lowest BCUT2D eigenvalue weighted by Crippen LogP contribution is -2.55.